The monoisotopic (exact) mass is 249 g/mol. The van der Waals surface area contributed by atoms with Gasteiger partial charge in [0.1, 0.15) is 6.20 Å². The molecule has 0 aromatic carbocycles. The fourth-order valence-electron chi connectivity index (χ4n) is 1.48. The minimum Gasteiger partial charge on any atom is -0.481 e. The summed E-state index contributed by atoms with van der Waals surface area (Å²) in [5.41, 5.74) is 1.13. The van der Waals surface area contributed by atoms with Crippen molar-refractivity contribution in [2.75, 3.05) is 12.4 Å². The van der Waals surface area contributed by atoms with E-state index >= 15 is 0 Å². The van der Waals surface area contributed by atoms with E-state index in [1.807, 2.05) is 6.07 Å². The predicted molar refractivity (Wildman–Crippen MR) is 63.4 cm³/mol. The van der Waals surface area contributed by atoms with Gasteiger partial charge in [0, 0.05) is 18.3 Å². The summed E-state index contributed by atoms with van der Waals surface area (Å²) in [5, 5.41) is 19.5. The highest BCUT2D eigenvalue weighted by atomic mass is 16.6. The van der Waals surface area contributed by atoms with E-state index < -0.39 is 4.92 Å². The third-order valence-electron chi connectivity index (χ3n) is 2.31. The Morgan fingerprint density at radius 3 is 3.17 bits per heavy atom. The first-order valence-corrected chi connectivity index (χ1v) is 5.12. The summed E-state index contributed by atoms with van der Waals surface area (Å²) in [6, 6.07) is 3.59. The Kier molecular flexibility index (Phi) is 3.37. The van der Waals surface area contributed by atoms with Crippen LogP contribution in [0.3, 0.4) is 0 Å². The Balaban J connectivity index is 2.11. The van der Waals surface area contributed by atoms with Crippen LogP contribution < -0.4 is 10.1 Å². The molecule has 0 aliphatic carbocycles. The van der Waals surface area contributed by atoms with Crippen LogP contribution in [0.25, 0.3) is 0 Å². The maximum absolute atomic E-state index is 10.7. The standard InChI is InChI=1S/C10H11N5O3/c1-18-10-7(3-2-4-11-10)5-12-8-6-13-14-9(8)15(16)17/h2-4,6,12H,5H2,1H3,(H,13,14). The molecule has 2 N–H and O–H groups in total. The number of hydrogen-bond donors (Lipinski definition) is 2. The van der Waals surface area contributed by atoms with Gasteiger partial charge in [-0.3, -0.25) is 0 Å². The molecule has 2 aromatic heterocycles. The minimum absolute atomic E-state index is 0.169. The Morgan fingerprint density at radius 2 is 2.44 bits per heavy atom. The van der Waals surface area contributed by atoms with Crippen molar-refractivity contribution in [1.82, 2.24) is 15.2 Å². The van der Waals surface area contributed by atoms with E-state index in [9.17, 15) is 10.1 Å². The van der Waals surface area contributed by atoms with Crippen LogP contribution in [-0.4, -0.2) is 27.2 Å². The summed E-state index contributed by atoms with van der Waals surface area (Å²) in [6.07, 6.45) is 2.98. The topological polar surface area (TPSA) is 106 Å². The second kappa shape index (κ2) is 5.13. The third-order valence-corrected chi connectivity index (χ3v) is 2.31. The molecule has 0 saturated heterocycles. The molecule has 8 nitrogen and oxygen atoms in total. The number of nitrogens with zero attached hydrogens (tertiary/aromatic N) is 3. The molecule has 0 bridgehead atoms. The molecular weight excluding hydrogens is 238 g/mol. The van der Waals surface area contributed by atoms with Gasteiger partial charge in [0.2, 0.25) is 5.88 Å². The van der Waals surface area contributed by atoms with Crippen molar-refractivity contribution in [1.29, 1.82) is 0 Å². The van der Waals surface area contributed by atoms with Gasteiger partial charge in [0.05, 0.1) is 7.11 Å². The molecule has 18 heavy (non-hydrogen) atoms. The van der Waals surface area contributed by atoms with Crippen LogP contribution in [0.4, 0.5) is 11.5 Å². The fourth-order valence-corrected chi connectivity index (χ4v) is 1.48. The molecule has 0 saturated carbocycles. The number of rotatable bonds is 5. The number of methoxy groups -OCH3 is 1. The summed E-state index contributed by atoms with van der Waals surface area (Å²) in [5.74, 6) is 0.314. The van der Waals surface area contributed by atoms with Gasteiger partial charge >= 0.3 is 5.82 Å². The lowest BCUT2D eigenvalue weighted by molar-refractivity contribution is -0.388. The summed E-state index contributed by atoms with van der Waals surface area (Å²) in [6.45, 7) is 0.359. The first-order chi connectivity index (χ1) is 8.72. The smallest absolute Gasteiger partial charge is 0.366 e. The Labute approximate surface area is 102 Å². The maximum Gasteiger partial charge on any atom is 0.366 e. The highest BCUT2D eigenvalue weighted by Gasteiger charge is 2.14. The molecule has 0 unspecified atom stereocenters. The van der Waals surface area contributed by atoms with Crippen LogP contribution in [-0.2, 0) is 6.54 Å². The number of aromatic amines is 1. The lowest BCUT2D eigenvalue weighted by Gasteiger charge is -2.07. The zero-order valence-corrected chi connectivity index (χ0v) is 9.58. The van der Waals surface area contributed by atoms with Crippen LogP contribution in [0, 0.1) is 10.1 Å². The number of nitrogens with one attached hydrogen (secondary N) is 2. The van der Waals surface area contributed by atoms with E-state index in [1.54, 1.807) is 12.3 Å². The van der Waals surface area contributed by atoms with Crippen LogP contribution in [0.2, 0.25) is 0 Å². The first kappa shape index (κ1) is 11.8. The van der Waals surface area contributed by atoms with E-state index in [0.717, 1.165) is 5.56 Å². The van der Waals surface area contributed by atoms with Crippen molar-refractivity contribution in [3.05, 3.63) is 40.2 Å². The third kappa shape index (κ3) is 2.37. The molecule has 0 amide bonds. The Bertz CT molecular complexity index is 554. The summed E-state index contributed by atoms with van der Waals surface area (Å²) >= 11 is 0. The van der Waals surface area contributed by atoms with E-state index in [4.69, 9.17) is 4.74 Å². The largest absolute Gasteiger partial charge is 0.481 e. The van der Waals surface area contributed by atoms with E-state index in [0.29, 0.717) is 18.1 Å². The average Bonchev–Trinajstić information content (AvgIpc) is 2.85. The highest BCUT2D eigenvalue weighted by molar-refractivity contribution is 5.55. The van der Waals surface area contributed by atoms with Crippen LogP contribution in [0.1, 0.15) is 5.56 Å². The average molecular weight is 249 g/mol. The van der Waals surface area contributed by atoms with Crippen molar-refractivity contribution >= 4 is 11.5 Å². The molecule has 8 heteroatoms. The molecule has 0 aliphatic rings. The maximum atomic E-state index is 10.7. The van der Waals surface area contributed by atoms with Crippen molar-refractivity contribution in [2.24, 2.45) is 0 Å². The van der Waals surface area contributed by atoms with Gasteiger partial charge in [0.15, 0.2) is 5.69 Å². The van der Waals surface area contributed by atoms with Gasteiger partial charge < -0.3 is 20.2 Å². The van der Waals surface area contributed by atoms with Crippen LogP contribution in [0.5, 0.6) is 5.88 Å². The number of anilines is 1. The predicted octanol–water partition coefficient (Wildman–Crippen LogP) is 1.33. The fraction of sp³-hybridized carbons (Fsp3) is 0.200. The van der Waals surface area contributed by atoms with Crippen molar-refractivity contribution in [3.63, 3.8) is 0 Å². The number of ether oxygens (including phenoxy) is 1. The Hall–Kier alpha value is -2.64. The number of H-pyrrole nitrogens is 1. The number of nitro groups is 1. The summed E-state index contributed by atoms with van der Waals surface area (Å²) in [4.78, 5) is 14.2. The lowest BCUT2D eigenvalue weighted by atomic mass is 10.2. The van der Waals surface area contributed by atoms with Crippen LogP contribution >= 0.6 is 0 Å². The van der Waals surface area contributed by atoms with Gasteiger partial charge in [-0.05, 0) is 11.0 Å². The normalized spacial score (nSPS) is 10.1. The van der Waals surface area contributed by atoms with Gasteiger partial charge in [-0.2, -0.15) is 0 Å². The number of pyridine rings is 1. The summed E-state index contributed by atoms with van der Waals surface area (Å²) < 4.78 is 5.08. The van der Waals surface area contributed by atoms with E-state index in [-0.39, 0.29) is 5.82 Å². The second-order valence-corrected chi connectivity index (χ2v) is 3.41. The van der Waals surface area contributed by atoms with Crippen molar-refractivity contribution in [2.45, 2.75) is 6.54 Å². The van der Waals surface area contributed by atoms with Gasteiger partial charge in [0.25, 0.3) is 0 Å². The zero-order valence-electron chi connectivity index (χ0n) is 9.58. The molecule has 2 heterocycles. The van der Waals surface area contributed by atoms with Crippen molar-refractivity contribution in [3.8, 4) is 5.88 Å². The molecule has 94 valence electrons. The van der Waals surface area contributed by atoms with Gasteiger partial charge in [-0.15, -0.1) is 5.10 Å². The van der Waals surface area contributed by atoms with E-state index in [1.165, 1.54) is 13.3 Å². The molecule has 2 rings (SSSR count). The number of aromatic nitrogens is 3. The SMILES string of the molecule is COc1ncccc1CNc1cn[nH]c1[N+](=O)[O-]. The second-order valence-electron chi connectivity index (χ2n) is 3.41. The molecule has 0 atom stereocenters. The molecule has 2 aromatic rings. The molecule has 0 spiro atoms. The molecule has 0 radical (unpaired) electrons. The minimum atomic E-state index is -0.532. The molecule has 0 aliphatic heterocycles. The lowest BCUT2D eigenvalue weighted by Crippen LogP contribution is -2.03. The molecular formula is C10H11N5O3. The van der Waals surface area contributed by atoms with Gasteiger partial charge in [-0.1, -0.05) is 11.2 Å². The van der Waals surface area contributed by atoms with Gasteiger partial charge in [-0.25, -0.2) is 4.98 Å². The first-order valence-electron chi connectivity index (χ1n) is 5.12. The summed E-state index contributed by atoms with van der Waals surface area (Å²) in [7, 11) is 1.52. The zero-order chi connectivity index (χ0) is 13.0. The quantitative estimate of drug-likeness (QED) is 0.611. The number of hydrogen-bond acceptors (Lipinski definition) is 6. The van der Waals surface area contributed by atoms with E-state index in [2.05, 4.69) is 20.5 Å². The highest BCUT2D eigenvalue weighted by Crippen LogP contribution is 2.22. The molecule has 0 fully saturated rings. The van der Waals surface area contributed by atoms with Crippen LogP contribution in [0.15, 0.2) is 24.5 Å². The van der Waals surface area contributed by atoms with Crippen molar-refractivity contribution < 1.29 is 9.66 Å². The Morgan fingerprint density at radius 1 is 1.61 bits per heavy atom.